The molecule has 1 aliphatic heterocycles. The van der Waals surface area contributed by atoms with Gasteiger partial charge in [0.1, 0.15) is 11.6 Å². The second-order valence-electron chi connectivity index (χ2n) is 8.40. The first-order valence-corrected chi connectivity index (χ1v) is 11.3. The molecule has 1 aliphatic rings. The molecule has 1 saturated heterocycles. The molecule has 1 amide bonds. The number of nitrogens with zero attached hydrogens (tertiary/aromatic N) is 5. The summed E-state index contributed by atoms with van der Waals surface area (Å²) in [5.41, 5.74) is 3.59. The molecular weight excluding hydrogens is 444 g/mol. The van der Waals surface area contributed by atoms with E-state index in [2.05, 4.69) is 24.8 Å². The number of hydrogen-bond acceptors (Lipinski definition) is 7. The summed E-state index contributed by atoms with van der Waals surface area (Å²) < 4.78 is 0. The lowest BCUT2D eigenvalue weighted by atomic mass is 10.0. The SMILES string of the molecule is Cc1cc(O)ccc1-c1cc(-c2ccc(C(=O)N3CCN(c4cnccn4)CC3)cc2)[nH]c(=O)n1. The molecule has 9 heteroatoms. The second-order valence-corrected chi connectivity index (χ2v) is 8.40. The van der Waals surface area contributed by atoms with E-state index in [4.69, 9.17) is 0 Å². The molecule has 2 aromatic carbocycles. The van der Waals surface area contributed by atoms with Crippen molar-refractivity contribution >= 4 is 11.7 Å². The van der Waals surface area contributed by atoms with Gasteiger partial charge in [0.25, 0.3) is 5.91 Å². The fourth-order valence-corrected chi connectivity index (χ4v) is 4.25. The minimum Gasteiger partial charge on any atom is -0.508 e. The monoisotopic (exact) mass is 468 g/mol. The third kappa shape index (κ3) is 4.74. The molecule has 0 saturated carbocycles. The van der Waals surface area contributed by atoms with Crippen LogP contribution in [-0.4, -0.2) is 62.0 Å². The Bertz CT molecular complexity index is 1410. The predicted molar refractivity (Wildman–Crippen MR) is 132 cm³/mol. The van der Waals surface area contributed by atoms with Gasteiger partial charge in [0, 0.05) is 49.7 Å². The van der Waals surface area contributed by atoms with Crippen LogP contribution >= 0.6 is 0 Å². The normalized spacial score (nSPS) is 13.6. The number of anilines is 1. The number of aryl methyl sites for hydroxylation is 1. The first-order valence-electron chi connectivity index (χ1n) is 11.3. The Hall–Kier alpha value is -4.53. The average molecular weight is 469 g/mol. The van der Waals surface area contributed by atoms with Crippen LogP contribution in [0.3, 0.4) is 0 Å². The van der Waals surface area contributed by atoms with Gasteiger partial charge in [-0.2, -0.15) is 4.98 Å². The summed E-state index contributed by atoms with van der Waals surface area (Å²) in [4.78, 5) is 44.5. The summed E-state index contributed by atoms with van der Waals surface area (Å²) in [7, 11) is 0. The minimum atomic E-state index is -0.467. The van der Waals surface area contributed by atoms with Crippen LogP contribution < -0.4 is 10.6 Å². The zero-order valence-electron chi connectivity index (χ0n) is 19.2. The van der Waals surface area contributed by atoms with E-state index in [1.54, 1.807) is 55.0 Å². The third-order valence-corrected chi connectivity index (χ3v) is 6.11. The number of hydrogen-bond donors (Lipinski definition) is 2. The minimum absolute atomic E-state index is 0.0287. The number of piperazine rings is 1. The Morgan fingerprint density at radius 1 is 1.00 bits per heavy atom. The standard InChI is InChI=1S/C26H24N6O3/c1-17-14-20(33)6-7-21(17)23-15-22(29-26(35)30-23)18-2-4-19(5-3-18)25(34)32-12-10-31(11-13-32)24-16-27-8-9-28-24/h2-9,14-16,33H,10-13H2,1H3,(H,29,30,35). The van der Waals surface area contributed by atoms with Crippen LogP contribution in [0.15, 0.2) is 71.9 Å². The number of benzene rings is 2. The molecule has 176 valence electrons. The number of H-pyrrole nitrogens is 1. The molecule has 3 heterocycles. The summed E-state index contributed by atoms with van der Waals surface area (Å²) in [5, 5.41) is 9.67. The van der Waals surface area contributed by atoms with Gasteiger partial charge in [0.15, 0.2) is 0 Å². The number of aromatic hydroxyl groups is 1. The van der Waals surface area contributed by atoms with Crippen LogP contribution in [-0.2, 0) is 0 Å². The van der Waals surface area contributed by atoms with Gasteiger partial charge in [-0.05, 0) is 54.4 Å². The summed E-state index contributed by atoms with van der Waals surface area (Å²) in [5.74, 6) is 0.947. The van der Waals surface area contributed by atoms with E-state index in [-0.39, 0.29) is 11.7 Å². The van der Waals surface area contributed by atoms with E-state index in [1.807, 2.05) is 24.0 Å². The molecule has 9 nitrogen and oxygen atoms in total. The first kappa shape index (κ1) is 22.3. The fourth-order valence-electron chi connectivity index (χ4n) is 4.25. The van der Waals surface area contributed by atoms with Crippen molar-refractivity contribution in [1.82, 2.24) is 24.8 Å². The number of carbonyl (C=O) groups is 1. The quantitative estimate of drug-likeness (QED) is 0.473. The van der Waals surface area contributed by atoms with Crippen molar-refractivity contribution in [2.24, 2.45) is 0 Å². The molecule has 0 aliphatic carbocycles. The lowest BCUT2D eigenvalue weighted by molar-refractivity contribution is 0.0746. The van der Waals surface area contributed by atoms with Gasteiger partial charge in [-0.1, -0.05) is 12.1 Å². The molecule has 5 rings (SSSR count). The van der Waals surface area contributed by atoms with Gasteiger partial charge in [0.2, 0.25) is 0 Å². The maximum Gasteiger partial charge on any atom is 0.345 e. The highest BCUT2D eigenvalue weighted by Gasteiger charge is 2.23. The van der Waals surface area contributed by atoms with E-state index in [9.17, 15) is 14.7 Å². The predicted octanol–water partition coefficient (Wildman–Crippen LogP) is 2.87. The molecule has 4 aromatic rings. The number of nitrogens with one attached hydrogen (secondary N) is 1. The molecule has 35 heavy (non-hydrogen) atoms. The van der Waals surface area contributed by atoms with Crippen molar-refractivity contribution in [1.29, 1.82) is 0 Å². The number of aromatic amines is 1. The zero-order valence-corrected chi connectivity index (χ0v) is 19.2. The maximum absolute atomic E-state index is 13.0. The topological polar surface area (TPSA) is 115 Å². The van der Waals surface area contributed by atoms with Crippen molar-refractivity contribution in [3.8, 4) is 28.3 Å². The van der Waals surface area contributed by atoms with Crippen LogP contribution in [0.25, 0.3) is 22.5 Å². The Balaban J connectivity index is 1.32. The van der Waals surface area contributed by atoms with Crippen molar-refractivity contribution in [3.05, 3.63) is 88.7 Å². The molecule has 0 radical (unpaired) electrons. The van der Waals surface area contributed by atoms with Crippen molar-refractivity contribution in [2.75, 3.05) is 31.1 Å². The van der Waals surface area contributed by atoms with Gasteiger partial charge < -0.3 is 19.9 Å². The van der Waals surface area contributed by atoms with Crippen LogP contribution in [0.2, 0.25) is 0 Å². The molecule has 0 bridgehead atoms. The van der Waals surface area contributed by atoms with Gasteiger partial charge in [-0.25, -0.2) is 9.78 Å². The second kappa shape index (κ2) is 9.38. The highest BCUT2D eigenvalue weighted by atomic mass is 16.3. The van der Waals surface area contributed by atoms with E-state index in [0.29, 0.717) is 43.1 Å². The largest absolute Gasteiger partial charge is 0.508 e. The Labute approximate surface area is 201 Å². The van der Waals surface area contributed by atoms with Crippen LogP contribution in [0.1, 0.15) is 15.9 Å². The molecule has 1 fully saturated rings. The number of rotatable bonds is 4. The Kier molecular flexibility index (Phi) is 5.97. The fraction of sp³-hybridized carbons (Fsp3) is 0.192. The van der Waals surface area contributed by atoms with Crippen LogP contribution in [0.4, 0.5) is 5.82 Å². The summed E-state index contributed by atoms with van der Waals surface area (Å²) in [6.45, 7) is 4.44. The summed E-state index contributed by atoms with van der Waals surface area (Å²) in [6.07, 6.45) is 5.04. The number of aromatic nitrogens is 4. The van der Waals surface area contributed by atoms with Crippen molar-refractivity contribution < 1.29 is 9.90 Å². The molecular formula is C26H24N6O3. The van der Waals surface area contributed by atoms with E-state index >= 15 is 0 Å². The van der Waals surface area contributed by atoms with E-state index < -0.39 is 5.69 Å². The van der Waals surface area contributed by atoms with Gasteiger partial charge in [-0.15, -0.1) is 0 Å². The maximum atomic E-state index is 13.0. The summed E-state index contributed by atoms with van der Waals surface area (Å²) in [6, 6.07) is 13.9. The number of carbonyl (C=O) groups excluding carboxylic acids is 1. The van der Waals surface area contributed by atoms with E-state index in [1.165, 1.54) is 0 Å². The smallest absolute Gasteiger partial charge is 0.345 e. The molecule has 0 atom stereocenters. The number of phenolic OH excluding ortho intramolecular Hbond substituents is 1. The molecule has 0 unspecified atom stereocenters. The lowest BCUT2D eigenvalue weighted by Crippen LogP contribution is -2.49. The molecule has 2 N–H and O–H groups in total. The van der Waals surface area contributed by atoms with Crippen LogP contribution in [0.5, 0.6) is 5.75 Å². The van der Waals surface area contributed by atoms with E-state index in [0.717, 1.165) is 22.5 Å². The number of phenols is 1. The highest BCUT2D eigenvalue weighted by molar-refractivity contribution is 5.95. The average Bonchev–Trinajstić information content (AvgIpc) is 2.88. The molecule has 2 aromatic heterocycles. The third-order valence-electron chi connectivity index (χ3n) is 6.11. The highest BCUT2D eigenvalue weighted by Crippen LogP contribution is 2.27. The van der Waals surface area contributed by atoms with Gasteiger partial charge >= 0.3 is 5.69 Å². The van der Waals surface area contributed by atoms with Crippen molar-refractivity contribution in [2.45, 2.75) is 6.92 Å². The molecule has 0 spiro atoms. The van der Waals surface area contributed by atoms with Gasteiger partial charge in [-0.3, -0.25) is 9.78 Å². The zero-order chi connectivity index (χ0) is 24.4. The van der Waals surface area contributed by atoms with Crippen LogP contribution in [0, 0.1) is 6.92 Å². The summed E-state index contributed by atoms with van der Waals surface area (Å²) >= 11 is 0. The first-order chi connectivity index (χ1) is 17.0. The lowest BCUT2D eigenvalue weighted by Gasteiger charge is -2.35. The Morgan fingerprint density at radius 2 is 1.77 bits per heavy atom. The number of amides is 1. The Morgan fingerprint density at radius 3 is 2.46 bits per heavy atom. The van der Waals surface area contributed by atoms with Crippen molar-refractivity contribution in [3.63, 3.8) is 0 Å². The van der Waals surface area contributed by atoms with Gasteiger partial charge in [0.05, 0.1) is 17.6 Å².